The Morgan fingerprint density at radius 1 is 1.03 bits per heavy atom. The second-order valence-electron chi connectivity index (χ2n) is 8.38. The molecule has 7 heteroatoms. The Balaban J connectivity index is 1.32. The number of carbonyl (C=O) groups is 1. The number of H-pyrrole nitrogens is 1. The molecule has 0 spiro atoms. The topological polar surface area (TPSA) is 78.2 Å². The summed E-state index contributed by atoms with van der Waals surface area (Å²) < 4.78 is 0. The maximum atomic E-state index is 13.0. The summed E-state index contributed by atoms with van der Waals surface area (Å²) in [5.41, 5.74) is 11.5. The van der Waals surface area contributed by atoms with Gasteiger partial charge < -0.3 is 20.5 Å². The van der Waals surface area contributed by atoms with Crippen molar-refractivity contribution >= 4 is 34.2 Å². The summed E-state index contributed by atoms with van der Waals surface area (Å²) in [7, 11) is 0. The average Bonchev–Trinajstić information content (AvgIpc) is 3.34. The molecule has 1 atom stereocenters. The fraction of sp³-hybridized carbons (Fsp3) is 0.231. The summed E-state index contributed by atoms with van der Waals surface area (Å²) in [5, 5.41) is 1.77. The van der Waals surface area contributed by atoms with Gasteiger partial charge in [0.05, 0.1) is 11.7 Å². The zero-order valence-electron chi connectivity index (χ0n) is 18.2. The first kappa shape index (κ1) is 21.5. The fourth-order valence-electron chi connectivity index (χ4n) is 4.51. The maximum Gasteiger partial charge on any atom is 0.239 e. The van der Waals surface area contributed by atoms with Crippen LogP contribution in [-0.4, -0.2) is 53.0 Å². The van der Waals surface area contributed by atoms with Crippen LogP contribution in [0.25, 0.3) is 22.2 Å². The van der Waals surface area contributed by atoms with Crippen molar-refractivity contribution in [2.45, 2.75) is 12.5 Å². The summed E-state index contributed by atoms with van der Waals surface area (Å²) in [6.45, 7) is 2.75. The maximum absolute atomic E-state index is 13.0. The number of amides is 1. The van der Waals surface area contributed by atoms with Crippen LogP contribution in [0.15, 0.2) is 73.1 Å². The molecule has 1 saturated heterocycles. The molecule has 1 aliphatic rings. The van der Waals surface area contributed by atoms with E-state index in [1.54, 1.807) is 0 Å². The van der Waals surface area contributed by atoms with Crippen LogP contribution in [0.4, 0.5) is 5.69 Å². The number of hydrogen-bond acceptors (Lipinski definition) is 4. The molecule has 5 rings (SSSR count). The highest BCUT2D eigenvalue weighted by Gasteiger charge is 2.27. The van der Waals surface area contributed by atoms with Gasteiger partial charge >= 0.3 is 0 Å². The third kappa shape index (κ3) is 4.45. The first-order valence-corrected chi connectivity index (χ1v) is 11.5. The van der Waals surface area contributed by atoms with Gasteiger partial charge in [-0.3, -0.25) is 4.79 Å². The minimum Gasteiger partial charge on any atom is -0.367 e. The number of nitrogens with one attached hydrogen (secondary N) is 1. The monoisotopic (exact) mass is 459 g/mol. The molecule has 3 N–H and O–H groups in total. The van der Waals surface area contributed by atoms with Gasteiger partial charge in [0.1, 0.15) is 5.65 Å². The van der Waals surface area contributed by atoms with Gasteiger partial charge in [-0.05, 0) is 35.7 Å². The third-order valence-corrected chi connectivity index (χ3v) is 6.49. The Morgan fingerprint density at radius 2 is 1.76 bits per heavy atom. The molecule has 0 aliphatic carbocycles. The normalized spacial score (nSPS) is 15.1. The first-order valence-electron chi connectivity index (χ1n) is 11.2. The lowest BCUT2D eigenvalue weighted by Gasteiger charge is -2.38. The van der Waals surface area contributed by atoms with E-state index in [4.69, 9.17) is 17.3 Å². The number of aromatic amines is 1. The van der Waals surface area contributed by atoms with E-state index in [0.29, 0.717) is 24.5 Å². The zero-order valence-corrected chi connectivity index (χ0v) is 19.0. The van der Waals surface area contributed by atoms with Crippen LogP contribution in [0.3, 0.4) is 0 Å². The van der Waals surface area contributed by atoms with E-state index in [1.807, 2.05) is 59.8 Å². The molecule has 33 heavy (non-hydrogen) atoms. The number of fused-ring (bicyclic) bond motifs is 1. The van der Waals surface area contributed by atoms with E-state index >= 15 is 0 Å². The molecule has 2 aromatic heterocycles. The second-order valence-corrected chi connectivity index (χ2v) is 8.81. The van der Waals surface area contributed by atoms with Crippen LogP contribution in [-0.2, 0) is 11.2 Å². The lowest BCUT2D eigenvalue weighted by atomic mass is 10.0. The quantitative estimate of drug-likeness (QED) is 0.471. The molecule has 4 aromatic rings. The lowest BCUT2D eigenvalue weighted by Crippen LogP contribution is -2.53. The van der Waals surface area contributed by atoms with Gasteiger partial charge in [-0.1, -0.05) is 54.1 Å². The van der Waals surface area contributed by atoms with Gasteiger partial charge in [-0.15, -0.1) is 0 Å². The van der Waals surface area contributed by atoms with E-state index in [2.05, 4.69) is 33.1 Å². The molecule has 1 amide bonds. The average molecular weight is 460 g/mol. The fourth-order valence-corrected chi connectivity index (χ4v) is 4.64. The SMILES string of the molecule is N[C@H](Cc1ccc(Cl)cc1)C(=O)N1CCN(c2c(-c3ccccc3)cnc3[nH]ccc23)CC1. The zero-order chi connectivity index (χ0) is 22.8. The molecule has 0 saturated carbocycles. The predicted octanol–water partition coefficient (Wildman–Crippen LogP) is 4.10. The number of nitrogens with two attached hydrogens (primary N) is 1. The molecule has 0 unspecified atom stereocenters. The van der Waals surface area contributed by atoms with Crippen molar-refractivity contribution in [2.24, 2.45) is 5.73 Å². The molecule has 6 nitrogen and oxygen atoms in total. The van der Waals surface area contributed by atoms with Gasteiger partial charge in [0.15, 0.2) is 0 Å². The van der Waals surface area contributed by atoms with Crippen LogP contribution < -0.4 is 10.6 Å². The molecule has 1 aliphatic heterocycles. The van der Waals surface area contributed by atoms with Crippen molar-refractivity contribution in [3.05, 3.63) is 83.6 Å². The van der Waals surface area contributed by atoms with E-state index in [-0.39, 0.29) is 5.91 Å². The number of hydrogen-bond donors (Lipinski definition) is 2. The van der Waals surface area contributed by atoms with Crippen molar-refractivity contribution in [1.29, 1.82) is 0 Å². The summed E-state index contributed by atoms with van der Waals surface area (Å²) in [6.07, 6.45) is 4.36. The number of aromatic nitrogens is 2. The van der Waals surface area contributed by atoms with E-state index < -0.39 is 6.04 Å². The predicted molar refractivity (Wildman–Crippen MR) is 133 cm³/mol. The number of benzene rings is 2. The molecular formula is C26H26ClN5O. The van der Waals surface area contributed by atoms with E-state index in [1.165, 1.54) is 0 Å². The van der Waals surface area contributed by atoms with Crippen molar-refractivity contribution in [1.82, 2.24) is 14.9 Å². The Bertz CT molecular complexity index is 1250. The lowest BCUT2D eigenvalue weighted by molar-refractivity contribution is -0.132. The van der Waals surface area contributed by atoms with Gasteiger partial charge in [0.2, 0.25) is 5.91 Å². The Labute approximate surface area is 198 Å². The highest BCUT2D eigenvalue weighted by molar-refractivity contribution is 6.30. The molecule has 0 bridgehead atoms. The summed E-state index contributed by atoms with van der Waals surface area (Å²) in [6, 6.07) is 19.3. The Hall–Kier alpha value is -3.35. The van der Waals surface area contributed by atoms with Crippen LogP contribution in [0.5, 0.6) is 0 Å². The Kier molecular flexibility index (Phi) is 6.03. The molecule has 1 fully saturated rings. The number of piperazine rings is 1. The van der Waals surface area contributed by atoms with Crippen LogP contribution in [0.1, 0.15) is 5.56 Å². The van der Waals surface area contributed by atoms with Crippen molar-refractivity contribution < 1.29 is 4.79 Å². The van der Waals surface area contributed by atoms with Gasteiger partial charge in [0.25, 0.3) is 0 Å². The number of nitrogens with zero attached hydrogens (tertiary/aromatic N) is 3. The number of anilines is 1. The van der Waals surface area contributed by atoms with Crippen molar-refractivity contribution in [3.63, 3.8) is 0 Å². The summed E-state index contributed by atoms with van der Waals surface area (Å²) in [5.74, 6) is -0.00518. The number of rotatable bonds is 5. The largest absolute Gasteiger partial charge is 0.367 e. The van der Waals surface area contributed by atoms with Crippen LogP contribution >= 0.6 is 11.6 Å². The van der Waals surface area contributed by atoms with Crippen molar-refractivity contribution in [3.8, 4) is 11.1 Å². The van der Waals surface area contributed by atoms with E-state index in [0.717, 1.165) is 46.5 Å². The van der Waals surface area contributed by atoms with Crippen LogP contribution in [0, 0.1) is 0 Å². The number of pyridine rings is 1. The van der Waals surface area contributed by atoms with Gasteiger partial charge in [-0.25, -0.2) is 4.98 Å². The minimum absolute atomic E-state index is 0.00518. The minimum atomic E-state index is -0.560. The van der Waals surface area contributed by atoms with Crippen molar-refractivity contribution in [2.75, 3.05) is 31.1 Å². The number of halogens is 1. The second kappa shape index (κ2) is 9.25. The first-order chi connectivity index (χ1) is 16.1. The Morgan fingerprint density at radius 3 is 2.48 bits per heavy atom. The molecule has 2 aromatic carbocycles. The van der Waals surface area contributed by atoms with Gasteiger partial charge in [0, 0.05) is 54.5 Å². The highest BCUT2D eigenvalue weighted by Crippen LogP contribution is 2.36. The standard InChI is InChI=1S/C26H26ClN5O/c27-20-8-6-18(7-9-20)16-23(28)26(33)32-14-12-31(13-15-32)24-21-10-11-29-25(21)30-17-22(24)19-4-2-1-3-5-19/h1-11,17,23H,12-16,28H2,(H,29,30)/t23-/m1/s1. The summed E-state index contributed by atoms with van der Waals surface area (Å²) >= 11 is 5.96. The molecular weight excluding hydrogens is 434 g/mol. The number of carbonyl (C=O) groups excluding carboxylic acids is 1. The van der Waals surface area contributed by atoms with Crippen LogP contribution in [0.2, 0.25) is 5.02 Å². The smallest absolute Gasteiger partial charge is 0.239 e. The van der Waals surface area contributed by atoms with E-state index in [9.17, 15) is 4.79 Å². The highest BCUT2D eigenvalue weighted by atomic mass is 35.5. The summed E-state index contributed by atoms with van der Waals surface area (Å²) in [4.78, 5) is 25.1. The van der Waals surface area contributed by atoms with Gasteiger partial charge in [-0.2, -0.15) is 0 Å². The third-order valence-electron chi connectivity index (χ3n) is 6.24. The molecule has 168 valence electrons. The molecule has 0 radical (unpaired) electrons. The molecule has 3 heterocycles.